The van der Waals surface area contributed by atoms with Crippen molar-refractivity contribution in [2.45, 2.75) is 0 Å². The van der Waals surface area contributed by atoms with Crippen molar-refractivity contribution >= 4 is 152 Å². The molecule has 6 heterocycles. The average molecular weight is 1520 g/mol. The Morgan fingerprint density at radius 2 is 0.517 bits per heavy atom. The van der Waals surface area contributed by atoms with E-state index in [0.717, 1.165) is 144 Å². The molecule has 0 saturated carbocycles. The van der Waals surface area contributed by atoms with Crippen molar-refractivity contribution in [3.05, 3.63) is 423 Å². The van der Waals surface area contributed by atoms with E-state index in [1.54, 1.807) is 0 Å². The van der Waals surface area contributed by atoms with Crippen LogP contribution in [-0.2, 0) is 0 Å². The van der Waals surface area contributed by atoms with Crippen LogP contribution in [0.3, 0.4) is 0 Å². The lowest BCUT2D eigenvalue weighted by Gasteiger charge is -2.11. The minimum absolute atomic E-state index is 0.609. The molecule has 0 unspecified atom stereocenters. The Bertz CT molecular complexity index is 7840. The van der Waals surface area contributed by atoms with Gasteiger partial charge in [0.1, 0.15) is 11.2 Å². The highest BCUT2D eigenvalue weighted by atomic mass is 32.1. The van der Waals surface area contributed by atoms with Gasteiger partial charge in [0, 0.05) is 102 Å². The van der Waals surface area contributed by atoms with Crippen molar-refractivity contribution in [1.82, 2.24) is 18.3 Å². The summed E-state index contributed by atoms with van der Waals surface area (Å²) in [5, 5.41) is 14.3. The number of hydrogen-bond acceptors (Lipinski definition) is 2. The second-order valence-corrected chi connectivity index (χ2v) is 31.5. The van der Waals surface area contributed by atoms with Crippen LogP contribution in [-0.4, -0.2) is 18.3 Å². The number of furan rings is 1. The molecule has 0 aliphatic heterocycles. The Morgan fingerprint density at radius 1 is 0.212 bits per heavy atom. The van der Waals surface area contributed by atoms with Gasteiger partial charge in [-0.25, -0.2) is 9.69 Å². The van der Waals surface area contributed by atoms with E-state index in [4.69, 9.17) is 17.6 Å². The van der Waals surface area contributed by atoms with E-state index in [9.17, 15) is 0 Å². The summed E-state index contributed by atoms with van der Waals surface area (Å²) in [6.07, 6.45) is 0. The number of para-hydroxylation sites is 8. The van der Waals surface area contributed by atoms with E-state index in [1.807, 2.05) is 47.7 Å². The summed E-state index contributed by atoms with van der Waals surface area (Å²) in [6.45, 7) is 16.3. The zero-order valence-electron chi connectivity index (χ0n) is 63.6. The van der Waals surface area contributed by atoms with Gasteiger partial charge < -0.3 is 22.7 Å². The molecule has 0 amide bonds. The number of benzene rings is 18. The largest absolute Gasteiger partial charge is 0.455 e. The lowest BCUT2D eigenvalue weighted by Crippen LogP contribution is -1.93. The molecular weight excluding hydrogens is 1450 g/mol. The molecule has 0 aliphatic rings. The Kier molecular flexibility index (Phi) is 15.8. The van der Waals surface area contributed by atoms with Crippen LogP contribution in [0.5, 0.6) is 0 Å². The van der Waals surface area contributed by atoms with Gasteiger partial charge in [-0.05, 0) is 243 Å². The van der Waals surface area contributed by atoms with Crippen LogP contribution >= 0.6 is 11.3 Å². The normalized spacial score (nSPS) is 11.7. The summed E-state index contributed by atoms with van der Waals surface area (Å²) in [5.41, 5.74) is 29.7. The molecule has 0 aliphatic carbocycles. The summed E-state index contributed by atoms with van der Waals surface area (Å²) in [6, 6.07) is 143. The van der Waals surface area contributed by atoms with E-state index in [2.05, 4.69) is 392 Å². The summed E-state index contributed by atoms with van der Waals surface area (Å²) >= 11 is 1.87. The van der Waals surface area contributed by atoms with Crippen LogP contribution in [0, 0.1) is 13.1 Å². The fourth-order valence-corrected chi connectivity index (χ4v) is 19.7. The summed E-state index contributed by atoms with van der Waals surface area (Å²) in [5.74, 6) is 0. The zero-order valence-corrected chi connectivity index (χ0v) is 64.4. The van der Waals surface area contributed by atoms with Gasteiger partial charge in [0.15, 0.2) is 11.4 Å². The molecule has 18 aromatic carbocycles. The molecule has 0 spiro atoms. The van der Waals surface area contributed by atoms with Gasteiger partial charge in [-0.3, -0.25) is 0 Å². The van der Waals surface area contributed by atoms with Crippen LogP contribution in [0.15, 0.2) is 405 Å². The molecule has 118 heavy (non-hydrogen) atoms. The van der Waals surface area contributed by atoms with E-state index in [0.29, 0.717) is 11.4 Å². The van der Waals surface area contributed by atoms with Crippen LogP contribution < -0.4 is 0 Å². The molecular formula is C110H66N6OS. The highest BCUT2D eigenvalue weighted by Gasteiger charge is 2.23. The predicted molar refractivity (Wildman–Crippen MR) is 496 cm³/mol. The van der Waals surface area contributed by atoms with Gasteiger partial charge in [-0.15, -0.1) is 11.3 Å². The van der Waals surface area contributed by atoms with Gasteiger partial charge in [0.05, 0.1) is 57.3 Å². The monoisotopic (exact) mass is 1520 g/mol. The van der Waals surface area contributed by atoms with E-state index >= 15 is 0 Å². The topological polar surface area (TPSA) is 41.6 Å². The molecule has 0 N–H and O–H groups in total. The first kappa shape index (κ1) is 67.8. The predicted octanol–water partition coefficient (Wildman–Crippen LogP) is 31.1. The second kappa shape index (κ2) is 27.5. The minimum atomic E-state index is 0.609. The SMILES string of the molecule is [C-]#[N+]c1cc(-c2ccc3c(c2)c2ccccc2n3-c2ccccc2)cc(-c2ccc3c(c2)c2cc(-c4cccc5c4oc4ccccc45)ccc2n3-c2ccccc2)c1.[C-]#[N+]c1cc(-c2ccc3c(c2)c2ccccc2n3-c2ccccc2)cc(-c2ccc3c(c2)c2cc(-c4cccc5c4sc4ccccc45)ccc2n3-c2ccccc2)c1. The molecule has 24 aromatic rings. The van der Waals surface area contributed by atoms with Gasteiger partial charge in [-0.2, -0.15) is 0 Å². The number of aromatic nitrogens is 4. The first-order chi connectivity index (χ1) is 58.4. The Balaban J connectivity index is 0.000000138. The molecule has 0 bridgehead atoms. The average Bonchev–Trinajstić information content (AvgIpc) is 1.59. The summed E-state index contributed by atoms with van der Waals surface area (Å²) in [4.78, 5) is 7.96. The fraction of sp³-hybridized carbons (Fsp3) is 0. The maximum absolute atomic E-state index is 8.15. The molecule has 7 nitrogen and oxygen atoms in total. The summed E-state index contributed by atoms with van der Waals surface area (Å²) in [7, 11) is 0. The fourth-order valence-electron chi connectivity index (χ4n) is 18.4. The molecule has 0 saturated heterocycles. The highest BCUT2D eigenvalue weighted by Crippen LogP contribution is 2.47. The standard InChI is InChI=1S/C55H33N3O.C55H33N3S/c2*1-56-40-30-38(35-23-26-51-47(32-35)44-17-8-10-21-50(44)57(51)41-13-4-2-5-14-41)29-39(31-40)36-24-27-52-48(33-36)49-34-37(25-28-53(49)58(52)42-15-6-3-7-16-42)43-19-12-20-46-45-18-9-11-22-54(45)59-55(43)46/h2*2-34H. The van der Waals surface area contributed by atoms with E-state index < -0.39 is 0 Å². The quantitative estimate of drug-likeness (QED) is 0.126. The molecule has 6 aromatic heterocycles. The third-order valence-corrected chi connectivity index (χ3v) is 25.0. The smallest absolute Gasteiger partial charge is 0.188 e. The maximum Gasteiger partial charge on any atom is 0.188 e. The summed E-state index contributed by atoms with van der Waals surface area (Å²) < 4.78 is 18.5. The van der Waals surface area contributed by atoms with Crippen LogP contribution in [0.4, 0.5) is 11.4 Å². The lowest BCUT2D eigenvalue weighted by molar-refractivity contribution is 0.670. The second-order valence-electron chi connectivity index (χ2n) is 30.4. The van der Waals surface area contributed by atoms with Crippen LogP contribution in [0.1, 0.15) is 0 Å². The molecule has 0 fully saturated rings. The van der Waals surface area contributed by atoms with Crippen LogP contribution in [0.2, 0.25) is 0 Å². The van der Waals surface area contributed by atoms with E-state index in [1.165, 1.54) is 74.6 Å². The minimum Gasteiger partial charge on any atom is -0.455 e. The Hall–Kier alpha value is -15.8. The zero-order chi connectivity index (χ0) is 78.1. The van der Waals surface area contributed by atoms with Crippen molar-refractivity contribution in [3.8, 4) is 89.5 Å². The number of hydrogen-bond donors (Lipinski definition) is 0. The molecule has 0 atom stereocenters. The Morgan fingerprint density at radius 3 is 0.932 bits per heavy atom. The van der Waals surface area contributed by atoms with Crippen molar-refractivity contribution in [1.29, 1.82) is 0 Å². The lowest BCUT2D eigenvalue weighted by atomic mass is 9.95. The highest BCUT2D eigenvalue weighted by molar-refractivity contribution is 7.26. The third-order valence-electron chi connectivity index (χ3n) is 23.8. The van der Waals surface area contributed by atoms with Gasteiger partial charge >= 0.3 is 0 Å². The third kappa shape index (κ3) is 11.1. The number of rotatable bonds is 10. The molecule has 8 heteroatoms. The van der Waals surface area contributed by atoms with Gasteiger partial charge in [0.2, 0.25) is 0 Å². The number of fused-ring (bicyclic) bond motifs is 18. The van der Waals surface area contributed by atoms with Gasteiger partial charge in [0.25, 0.3) is 0 Å². The van der Waals surface area contributed by atoms with Gasteiger partial charge in [-0.1, -0.05) is 218 Å². The van der Waals surface area contributed by atoms with Crippen molar-refractivity contribution in [2.24, 2.45) is 0 Å². The van der Waals surface area contributed by atoms with Crippen molar-refractivity contribution < 1.29 is 4.42 Å². The van der Waals surface area contributed by atoms with Crippen LogP contribution in [0.25, 0.3) is 229 Å². The maximum atomic E-state index is 8.15. The first-order valence-corrected chi connectivity index (χ1v) is 40.5. The van der Waals surface area contributed by atoms with Crippen molar-refractivity contribution in [3.63, 3.8) is 0 Å². The molecule has 0 radical (unpaired) electrons. The molecule has 548 valence electrons. The first-order valence-electron chi connectivity index (χ1n) is 39.7. The number of nitrogens with zero attached hydrogens (tertiary/aromatic N) is 6. The van der Waals surface area contributed by atoms with E-state index in [-0.39, 0.29) is 0 Å². The number of thiophene rings is 1. The Labute approximate surface area is 682 Å². The van der Waals surface area contributed by atoms with Crippen molar-refractivity contribution in [2.75, 3.05) is 0 Å². The molecule has 24 rings (SSSR count).